The zero-order chi connectivity index (χ0) is 16.6. The molecule has 2 aromatic rings. The lowest BCUT2D eigenvalue weighted by Gasteiger charge is -2.16. The van der Waals surface area contributed by atoms with Crippen LogP contribution >= 0.6 is 11.8 Å². The first-order chi connectivity index (χ1) is 11.0. The number of fused-ring (bicyclic) bond motifs is 1. The summed E-state index contributed by atoms with van der Waals surface area (Å²) < 4.78 is 2.17. The molecular formula is C16H23N5OS. The molecule has 1 N–H and O–H groups in total. The Hall–Kier alpha value is -1.76. The zero-order valence-electron chi connectivity index (χ0n) is 14.1. The highest BCUT2D eigenvalue weighted by atomic mass is 32.2. The summed E-state index contributed by atoms with van der Waals surface area (Å²) in [4.78, 5) is 26.2. The van der Waals surface area contributed by atoms with Gasteiger partial charge in [-0.1, -0.05) is 11.8 Å². The van der Waals surface area contributed by atoms with Gasteiger partial charge in [0.05, 0.1) is 17.7 Å². The molecule has 7 heteroatoms. The van der Waals surface area contributed by atoms with Gasteiger partial charge in [0.1, 0.15) is 5.82 Å². The number of aromatic nitrogens is 4. The van der Waals surface area contributed by atoms with Crippen molar-refractivity contribution in [3.05, 3.63) is 33.6 Å². The molecule has 6 nitrogen and oxygen atoms in total. The molecule has 124 valence electrons. The molecule has 1 aliphatic rings. The van der Waals surface area contributed by atoms with E-state index in [1.807, 2.05) is 25.3 Å². The van der Waals surface area contributed by atoms with Gasteiger partial charge in [0.2, 0.25) is 0 Å². The van der Waals surface area contributed by atoms with Crippen LogP contribution in [0.15, 0.2) is 16.3 Å². The van der Waals surface area contributed by atoms with Gasteiger partial charge in [0.15, 0.2) is 5.16 Å². The van der Waals surface area contributed by atoms with E-state index in [1.165, 1.54) is 0 Å². The summed E-state index contributed by atoms with van der Waals surface area (Å²) >= 11 is 1.57. The quantitative estimate of drug-likeness (QED) is 0.672. The van der Waals surface area contributed by atoms with E-state index in [0.29, 0.717) is 11.2 Å². The summed E-state index contributed by atoms with van der Waals surface area (Å²) in [5.74, 6) is 1.70. The van der Waals surface area contributed by atoms with E-state index in [2.05, 4.69) is 33.4 Å². The fourth-order valence-electron chi connectivity index (χ4n) is 2.96. The standard InChI is InChI=1S/C16H23N5OS/c1-10(2)21-9-17-14(20(3)4)13(21)8-23-16-18-12-7-5-6-11(12)15(22)19-16/h9-10H,5-8H2,1-4H3,(H,18,19,22). The van der Waals surface area contributed by atoms with Crippen LogP contribution in [0.3, 0.4) is 0 Å². The average molecular weight is 333 g/mol. The lowest BCUT2D eigenvalue weighted by molar-refractivity contribution is 0.583. The van der Waals surface area contributed by atoms with E-state index < -0.39 is 0 Å². The minimum Gasteiger partial charge on any atom is -0.361 e. The molecule has 0 amide bonds. The fourth-order valence-corrected chi connectivity index (χ4v) is 3.85. The number of nitrogens with zero attached hydrogens (tertiary/aromatic N) is 4. The van der Waals surface area contributed by atoms with Gasteiger partial charge in [-0.2, -0.15) is 0 Å². The Labute approximate surface area is 140 Å². The lowest BCUT2D eigenvalue weighted by atomic mass is 10.3. The maximum absolute atomic E-state index is 12.1. The van der Waals surface area contributed by atoms with E-state index in [9.17, 15) is 4.79 Å². The first kappa shape index (κ1) is 16.1. The molecule has 0 unspecified atom stereocenters. The molecule has 0 aliphatic heterocycles. The van der Waals surface area contributed by atoms with Gasteiger partial charge in [-0.05, 0) is 33.1 Å². The third-order valence-electron chi connectivity index (χ3n) is 4.12. The van der Waals surface area contributed by atoms with Gasteiger partial charge < -0.3 is 14.5 Å². The SMILES string of the molecule is CC(C)n1cnc(N(C)C)c1CSc1nc2c(c(=O)[nH]1)CCC2. The van der Waals surface area contributed by atoms with Crippen molar-refractivity contribution < 1.29 is 0 Å². The lowest BCUT2D eigenvalue weighted by Crippen LogP contribution is -2.15. The van der Waals surface area contributed by atoms with Crippen LogP contribution in [-0.4, -0.2) is 33.6 Å². The molecular weight excluding hydrogens is 310 g/mol. The second-order valence-electron chi connectivity index (χ2n) is 6.35. The van der Waals surface area contributed by atoms with Crippen molar-refractivity contribution in [1.82, 2.24) is 19.5 Å². The van der Waals surface area contributed by atoms with E-state index >= 15 is 0 Å². The van der Waals surface area contributed by atoms with Gasteiger partial charge >= 0.3 is 0 Å². The van der Waals surface area contributed by atoms with E-state index in [0.717, 1.165) is 47.8 Å². The molecule has 0 saturated heterocycles. The van der Waals surface area contributed by atoms with E-state index in [-0.39, 0.29) is 5.56 Å². The van der Waals surface area contributed by atoms with Crippen molar-refractivity contribution in [3.63, 3.8) is 0 Å². The molecule has 0 atom stereocenters. The second kappa shape index (κ2) is 6.39. The summed E-state index contributed by atoms with van der Waals surface area (Å²) in [6.45, 7) is 4.29. The van der Waals surface area contributed by atoms with Crippen molar-refractivity contribution >= 4 is 17.6 Å². The summed E-state index contributed by atoms with van der Waals surface area (Å²) in [6.07, 6.45) is 4.69. The van der Waals surface area contributed by atoms with Crippen LogP contribution in [0.5, 0.6) is 0 Å². The monoisotopic (exact) mass is 333 g/mol. The molecule has 1 aliphatic carbocycles. The van der Waals surface area contributed by atoms with E-state index in [4.69, 9.17) is 0 Å². The number of nitrogens with one attached hydrogen (secondary N) is 1. The topological polar surface area (TPSA) is 66.8 Å². The predicted molar refractivity (Wildman–Crippen MR) is 93.4 cm³/mol. The number of aryl methyl sites for hydroxylation is 1. The Morgan fingerprint density at radius 3 is 2.87 bits per heavy atom. The fraction of sp³-hybridized carbons (Fsp3) is 0.562. The number of H-pyrrole nitrogens is 1. The van der Waals surface area contributed by atoms with Crippen LogP contribution in [0.4, 0.5) is 5.82 Å². The molecule has 3 rings (SSSR count). The maximum atomic E-state index is 12.1. The van der Waals surface area contributed by atoms with Gasteiger partial charge in [0.25, 0.3) is 5.56 Å². The summed E-state index contributed by atoms with van der Waals surface area (Å²) in [7, 11) is 3.99. The summed E-state index contributed by atoms with van der Waals surface area (Å²) in [5, 5.41) is 0.705. The number of thioether (sulfide) groups is 1. The van der Waals surface area contributed by atoms with Crippen LogP contribution in [0, 0.1) is 0 Å². The molecule has 0 fully saturated rings. The molecule has 0 radical (unpaired) electrons. The van der Waals surface area contributed by atoms with Gasteiger partial charge in [-0.25, -0.2) is 9.97 Å². The van der Waals surface area contributed by atoms with Gasteiger partial charge in [-0.15, -0.1) is 0 Å². The first-order valence-electron chi connectivity index (χ1n) is 7.95. The normalized spacial score (nSPS) is 13.6. The highest BCUT2D eigenvalue weighted by molar-refractivity contribution is 7.98. The van der Waals surface area contributed by atoms with Crippen molar-refractivity contribution in [2.75, 3.05) is 19.0 Å². The van der Waals surface area contributed by atoms with Crippen molar-refractivity contribution in [2.45, 2.75) is 50.1 Å². The highest BCUT2D eigenvalue weighted by Gasteiger charge is 2.19. The largest absolute Gasteiger partial charge is 0.361 e. The molecule has 23 heavy (non-hydrogen) atoms. The number of imidazole rings is 1. The number of hydrogen-bond acceptors (Lipinski definition) is 5. The Balaban J connectivity index is 1.85. The minimum atomic E-state index is 0.0280. The third-order valence-corrected chi connectivity index (χ3v) is 5.00. The number of anilines is 1. The van der Waals surface area contributed by atoms with Crippen LogP contribution in [-0.2, 0) is 18.6 Å². The van der Waals surface area contributed by atoms with Crippen LogP contribution in [0.2, 0.25) is 0 Å². The molecule has 2 heterocycles. The second-order valence-corrected chi connectivity index (χ2v) is 7.31. The molecule has 2 aromatic heterocycles. The van der Waals surface area contributed by atoms with Crippen molar-refractivity contribution in [3.8, 4) is 0 Å². The Morgan fingerprint density at radius 2 is 2.17 bits per heavy atom. The average Bonchev–Trinajstić information content (AvgIpc) is 3.11. The maximum Gasteiger partial charge on any atom is 0.254 e. The third kappa shape index (κ3) is 3.15. The minimum absolute atomic E-state index is 0.0280. The zero-order valence-corrected chi connectivity index (χ0v) is 14.9. The predicted octanol–water partition coefficient (Wildman–Crippen LogP) is 2.39. The number of aromatic amines is 1. The Bertz CT molecular complexity index is 737. The number of hydrogen-bond donors (Lipinski definition) is 1. The molecule has 0 spiro atoms. The molecule has 0 saturated carbocycles. The number of rotatable bonds is 5. The Kier molecular flexibility index (Phi) is 4.48. The van der Waals surface area contributed by atoms with Crippen LogP contribution in [0.1, 0.15) is 43.3 Å². The summed E-state index contributed by atoms with van der Waals surface area (Å²) in [5.41, 5.74) is 3.02. The van der Waals surface area contributed by atoms with Crippen LogP contribution < -0.4 is 10.5 Å². The highest BCUT2D eigenvalue weighted by Crippen LogP contribution is 2.28. The first-order valence-corrected chi connectivity index (χ1v) is 8.93. The molecule has 0 bridgehead atoms. The smallest absolute Gasteiger partial charge is 0.254 e. The Morgan fingerprint density at radius 1 is 1.39 bits per heavy atom. The molecule has 0 aromatic carbocycles. The van der Waals surface area contributed by atoms with Crippen LogP contribution in [0.25, 0.3) is 0 Å². The summed E-state index contributed by atoms with van der Waals surface area (Å²) in [6, 6.07) is 0.346. The van der Waals surface area contributed by atoms with E-state index in [1.54, 1.807) is 11.8 Å². The van der Waals surface area contributed by atoms with Crippen molar-refractivity contribution in [2.24, 2.45) is 0 Å². The van der Waals surface area contributed by atoms with Gasteiger partial charge in [-0.3, -0.25) is 4.79 Å². The van der Waals surface area contributed by atoms with Gasteiger partial charge in [0, 0.05) is 31.5 Å². The van der Waals surface area contributed by atoms with Crippen molar-refractivity contribution in [1.29, 1.82) is 0 Å².